The Morgan fingerprint density at radius 2 is 2.16 bits per heavy atom. The number of hydrogen-bond acceptors (Lipinski definition) is 2. The summed E-state index contributed by atoms with van der Waals surface area (Å²) in [6.07, 6.45) is 1.05. The van der Waals surface area contributed by atoms with E-state index in [1.54, 1.807) is 0 Å². The van der Waals surface area contributed by atoms with Gasteiger partial charge in [-0.25, -0.2) is 0 Å². The normalized spacial score (nSPS) is 10.8. The summed E-state index contributed by atoms with van der Waals surface area (Å²) in [6.45, 7) is 6.18. The van der Waals surface area contributed by atoms with Gasteiger partial charge >= 0.3 is 0 Å². The lowest BCUT2D eigenvalue weighted by atomic mass is 10.1. The van der Waals surface area contributed by atoms with Crippen LogP contribution in [0.2, 0.25) is 0 Å². The molecule has 0 heterocycles. The van der Waals surface area contributed by atoms with Crippen molar-refractivity contribution in [1.29, 1.82) is 0 Å². The minimum Gasteiger partial charge on any atom is -0.380 e. The van der Waals surface area contributed by atoms with Crippen molar-refractivity contribution in [3.8, 4) is 0 Å². The van der Waals surface area contributed by atoms with Gasteiger partial charge in [0.2, 0.25) is 0 Å². The molecule has 5 heteroatoms. The standard InChI is InChI=1S/C14H19BrINO2/c1-10(2)5-7-19-8-6-17-14(18)12-9-11(16)3-4-13(12)15/h3-4,9-10H,5-8H2,1-2H3,(H,17,18). The van der Waals surface area contributed by atoms with E-state index in [1.165, 1.54) is 0 Å². The Morgan fingerprint density at radius 1 is 1.42 bits per heavy atom. The number of nitrogens with one attached hydrogen (secondary N) is 1. The Bertz CT molecular complexity index is 424. The molecule has 1 amide bonds. The quantitative estimate of drug-likeness (QED) is 0.517. The number of benzene rings is 1. The molecule has 1 aromatic carbocycles. The van der Waals surface area contributed by atoms with Crippen LogP contribution in [0.4, 0.5) is 0 Å². The van der Waals surface area contributed by atoms with Crippen LogP contribution in [-0.4, -0.2) is 25.7 Å². The van der Waals surface area contributed by atoms with E-state index in [9.17, 15) is 4.79 Å². The van der Waals surface area contributed by atoms with Crippen molar-refractivity contribution in [2.75, 3.05) is 19.8 Å². The maximum absolute atomic E-state index is 12.0. The van der Waals surface area contributed by atoms with Gasteiger partial charge in [-0.2, -0.15) is 0 Å². The number of amides is 1. The second-order valence-electron chi connectivity index (χ2n) is 4.67. The average molecular weight is 440 g/mol. The predicted octanol–water partition coefficient (Wildman–Crippen LogP) is 3.85. The van der Waals surface area contributed by atoms with E-state index in [4.69, 9.17) is 4.74 Å². The van der Waals surface area contributed by atoms with Crippen LogP contribution in [0.5, 0.6) is 0 Å². The molecule has 0 saturated heterocycles. The first-order valence-electron chi connectivity index (χ1n) is 6.31. The van der Waals surface area contributed by atoms with E-state index in [-0.39, 0.29) is 5.91 Å². The minimum absolute atomic E-state index is 0.0714. The zero-order valence-corrected chi connectivity index (χ0v) is 15.0. The van der Waals surface area contributed by atoms with Crippen molar-refractivity contribution in [3.05, 3.63) is 31.8 Å². The molecule has 1 rings (SSSR count). The second kappa shape index (κ2) is 8.92. The van der Waals surface area contributed by atoms with Crippen LogP contribution >= 0.6 is 38.5 Å². The number of carbonyl (C=O) groups excluding carboxylic acids is 1. The molecule has 0 aliphatic carbocycles. The highest BCUT2D eigenvalue weighted by Crippen LogP contribution is 2.19. The van der Waals surface area contributed by atoms with Gasteiger partial charge in [-0.3, -0.25) is 4.79 Å². The predicted molar refractivity (Wildman–Crippen MR) is 89.5 cm³/mol. The van der Waals surface area contributed by atoms with Crippen LogP contribution in [0.3, 0.4) is 0 Å². The van der Waals surface area contributed by atoms with Crippen molar-refractivity contribution in [2.45, 2.75) is 20.3 Å². The molecule has 0 unspecified atom stereocenters. The maximum Gasteiger partial charge on any atom is 0.252 e. The summed E-state index contributed by atoms with van der Waals surface area (Å²) in [4.78, 5) is 12.0. The fourth-order valence-electron chi connectivity index (χ4n) is 1.42. The molecule has 1 aromatic rings. The van der Waals surface area contributed by atoms with Crippen LogP contribution in [0.25, 0.3) is 0 Å². The van der Waals surface area contributed by atoms with Crippen LogP contribution < -0.4 is 5.32 Å². The van der Waals surface area contributed by atoms with Gasteiger partial charge in [-0.15, -0.1) is 0 Å². The first-order chi connectivity index (χ1) is 9.00. The lowest BCUT2D eigenvalue weighted by molar-refractivity contribution is 0.0905. The van der Waals surface area contributed by atoms with Crippen molar-refractivity contribution >= 4 is 44.4 Å². The third-order valence-electron chi connectivity index (χ3n) is 2.54. The minimum atomic E-state index is -0.0714. The molecule has 0 radical (unpaired) electrons. The molecule has 19 heavy (non-hydrogen) atoms. The second-order valence-corrected chi connectivity index (χ2v) is 6.77. The van der Waals surface area contributed by atoms with Gasteiger partial charge in [0.05, 0.1) is 12.2 Å². The monoisotopic (exact) mass is 439 g/mol. The van der Waals surface area contributed by atoms with Gasteiger partial charge in [-0.05, 0) is 69.1 Å². The fraction of sp³-hybridized carbons (Fsp3) is 0.500. The van der Waals surface area contributed by atoms with E-state index in [0.29, 0.717) is 24.6 Å². The van der Waals surface area contributed by atoms with Crippen LogP contribution in [0.1, 0.15) is 30.6 Å². The topological polar surface area (TPSA) is 38.3 Å². The molecular weight excluding hydrogens is 421 g/mol. The molecule has 0 aromatic heterocycles. The molecule has 3 nitrogen and oxygen atoms in total. The molecule has 0 fully saturated rings. The third-order valence-corrected chi connectivity index (χ3v) is 3.91. The lowest BCUT2D eigenvalue weighted by Crippen LogP contribution is -2.27. The first-order valence-corrected chi connectivity index (χ1v) is 8.19. The Kier molecular flexibility index (Phi) is 7.94. The van der Waals surface area contributed by atoms with Gasteiger partial charge in [-0.1, -0.05) is 13.8 Å². The summed E-state index contributed by atoms with van der Waals surface area (Å²) in [5.41, 5.74) is 0.661. The Morgan fingerprint density at radius 3 is 2.84 bits per heavy atom. The summed E-state index contributed by atoms with van der Waals surface area (Å²) in [7, 11) is 0. The number of carbonyl (C=O) groups is 1. The van der Waals surface area contributed by atoms with E-state index in [2.05, 4.69) is 57.7 Å². The van der Waals surface area contributed by atoms with Gasteiger partial charge in [0.1, 0.15) is 0 Å². The Hall–Kier alpha value is -0.140. The first kappa shape index (κ1) is 16.9. The molecule has 106 valence electrons. The van der Waals surface area contributed by atoms with Crippen molar-refractivity contribution < 1.29 is 9.53 Å². The van der Waals surface area contributed by atoms with Crippen LogP contribution in [-0.2, 0) is 4.74 Å². The third kappa shape index (κ3) is 6.72. The summed E-state index contributed by atoms with van der Waals surface area (Å²) in [5.74, 6) is 0.579. The number of rotatable bonds is 7. The van der Waals surface area contributed by atoms with Gasteiger partial charge in [0, 0.05) is 21.2 Å². The van der Waals surface area contributed by atoms with Crippen molar-refractivity contribution in [1.82, 2.24) is 5.32 Å². The van der Waals surface area contributed by atoms with E-state index in [0.717, 1.165) is 21.1 Å². The van der Waals surface area contributed by atoms with Crippen molar-refractivity contribution in [2.24, 2.45) is 5.92 Å². The summed E-state index contributed by atoms with van der Waals surface area (Å²) in [5, 5.41) is 2.86. The van der Waals surface area contributed by atoms with E-state index in [1.807, 2.05) is 18.2 Å². The lowest BCUT2D eigenvalue weighted by Gasteiger charge is -2.09. The highest BCUT2D eigenvalue weighted by atomic mass is 127. The van der Waals surface area contributed by atoms with Crippen LogP contribution in [0, 0.1) is 9.49 Å². The highest BCUT2D eigenvalue weighted by Gasteiger charge is 2.09. The highest BCUT2D eigenvalue weighted by molar-refractivity contribution is 14.1. The summed E-state index contributed by atoms with van der Waals surface area (Å²) in [6, 6.07) is 5.70. The van der Waals surface area contributed by atoms with E-state index >= 15 is 0 Å². The largest absolute Gasteiger partial charge is 0.380 e. The zero-order chi connectivity index (χ0) is 14.3. The van der Waals surface area contributed by atoms with E-state index < -0.39 is 0 Å². The maximum atomic E-state index is 12.0. The molecular formula is C14H19BrINO2. The fourth-order valence-corrected chi connectivity index (χ4v) is 2.34. The number of hydrogen-bond donors (Lipinski definition) is 1. The van der Waals surface area contributed by atoms with Crippen molar-refractivity contribution in [3.63, 3.8) is 0 Å². The van der Waals surface area contributed by atoms with Gasteiger partial charge in [0.25, 0.3) is 5.91 Å². The Labute approximate surface area is 136 Å². The summed E-state index contributed by atoms with van der Waals surface area (Å²) < 4.78 is 7.31. The Balaban J connectivity index is 2.29. The SMILES string of the molecule is CC(C)CCOCCNC(=O)c1cc(I)ccc1Br. The molecule has 1 N–H and O–H groups in total. The average Bonchev–Trinajstić information content (AvgIpc) is 2.36. The molecule has 0 aliphatic heterocycles. The zero-order valence-electron chi connectivity index (χ0n) is 11.2. The molecule has 0 bridgehead atoms. The number of halogens is 2. The molecule has 0 atom stereocenters. The summed E-state index contributed by atoms with van der Waals surface area (Å²) >= 11 is 5.58. The smallest absolute Gasteiger partial charge is 0.252 e. The molecule has 0 saturated carbocycles. The van der Waals surface area contributed by atoms with Gasteiger partial charge in [0.15, 0.2) is 0 Å². The molecule has 0 spiro atoms. The van der Waals surface area contributed by atoms with Gasteiger partial charge < -0.3 is 10.1 Å². The molecule has 0 aliphatic rings. The van der Waals surface area contributed by atoms with Crippen LogP contribution in [0.15, 0.2) is 22.7 Å². The number of ether oxygens (including phenoxy) is 1.